The Kier molecular flexibility index (Phi) is 3.87. The third-order valence-electron chi connectivity index (χ3n) is 2.72. The smallest absolute Gasteiger partial charge is 0.132 e. The Bertz CT molecular complexity index is 488. The highest BCUT2D eigenvalue weighted by molar-refractivity contribution is 5.45. The molecule has 0 aliphatic heterocycles. The Morgan fingerprint density at radius 2 is 1.94 bits per heavy atom. The number of hydrogen-bond donors (Lipinski definition) is 1. The van der Waals surface area contributed by atoms with E-state index in [0.29, 0.717) is 12.6 Å². The van der Waals surface area contributed by atoms with E-state index in [1.54, 1.807) is 0 Å². The molecule has 0 spiro atoms. The molecule has 0 atom stereocenters. The molecule has 0 amide bonds. The van der Waals surface area contributed by atoms with Gasteiger partial charge in [-0.15, -0.1) is 0 Å². The molecule has 4 heteroatoms. The van der Waals surface area contributed by atoms with E-state index in [2.05, 4.69) is 24.3 Å². The summed E-state index contributed by atoms with van der Waals surface area (Å²) in [6.07, 6.45) is 1.98. The molecule has 4 nitrogen and oxygen atoms in total. The summed E-state index contributed by atoms with van der Waals surface area (Å²) in [5.74, 6) is 0.855. The maximum Gasteiger partial charge on any atom is 0.132 e. The zero-order valence-electron chi connectivity index (χ0n) is 11.1. The van der Waals surface area contributed by atoms with Gasteiger partial charge >= 0.3 is 0 Å². The summed E-state index contributed by atoms with van der Waals surface area (Å²) < 4.78 is 7.61. The Balaban J connectivity index is 1.93. The predicted molar refractivity (Wildman–Crippen MR) is 72.9 cm³/mol. The minimum atomic E-state index is 0.383. The summed E-state index contributed by atoms with van der Waals surface area (Å²) >= 11 is 0. The third kappa shape index (κ3) is 3.03. The van der Waals surface area contributed by atoms with E-state index in [1.165, 1.54) is 0 Å². The standard InChI is InChI=1S/C14H19N3O/c1-11(2)17-9-8-13(16-17)10-18-14-6-4-12(15-3)5-7-14/h4-9,11,15H,10H2,1-3H3. The van der Waals surface area contributed by atoms with Crippen molar-refractivity contribution in [2.45, 2.75) is 26.5 Å². The van der Waals surface area contributed by atoms with E-state index in [1.807, 2.05) is 48.3 Å². The predicted octanol–water partition coefficient (Wildman–Crippen LogP) is 3.08. The van der Waals surface area contributed by atoms with Crippen molar-refractivity contribution in [3.8, 4) is 5.75 Å². The molecule has 0 saturated carbocycles. The monoisotopic (exact) mass is 245 g/mol. The fraction of sp³-hybridized carbons (Fsp3) is 0.357. The Labute approximate surface area is 108 Å². The molecule has 1 heterocycles. The molecule has 0 radical (unpaired) electrons. The van der Waals surface area contributed by atoms with E-state index < -0.39 is 0 Å². The van der Waals surface area contributed by atoms with Crippen molar-refractivity contribution in [2.75, 3.05) is 12.4 Å². The molecule has 2 aromatic rings. The first-order valence-electron chi connectivity index (χ1n) is 6.13. The summed E-state index contributed by atoms with van der Waals surface area (Å²) in [5, 5.41) is 7.51. The second kappa shape index (κ2) is 5.58. The lowest BCUT2D eigenvalue weighted by atomic mass is 10.3. The summed E-state index contributed by atoms with van der Waals surface area (Å²) in [5.41, 5.74) is 2.02. The first kappa shape index (κ1) is 12.5. The maximum absolute atomic E-state index is 5.68. The van der Waals surface area contributed by atoms with Crippen LogP contribution in [0.2, 0.25) is 0 Å². The minimum Gasteiger partial charge on any atom is -0.487 e. The van der Waals surface area contributed by atoms with Gasteiger partial charge in [0.25, 0.3) is 0 Å². The van der Waals surface area contributed by atoms with Crippen molar-refractivity contribution in [3.05, 3.63) is 42.2 Å². The molecule has 0 aliphatic rings. The number of benzene rings is 1. The Morgan fingerprint density at radius 1 is 1.22 bits per heavy atom. The van der Waals surface area contributed by atoms with Gasteiger partial charge in [0, 0.05) is 25.0 Å². The second-order valence-electron chi connectivity index (χ2n) is 4.44. The molecule has 18 heavy (non-hydrogen) atoms. The van der Waals surface area contributed by atoms with Crippen molar-refractivity contribution in [1.29, 1.82) is 0 Å². The highest BCUT2D eigenvalue weighted by Gasteiger charge is 2.02. The lowest BCUT2D eigenvalue weighted by Gasteiger charge is -2.06. The van der Waals surface area contributed by atoms with E-state index in [-0.39, 0.29) is 0 Å². The van der Waals surface area contributed by atoms with E-state index in [0.717, 1.165) is 17.1 Å². The van der Waals surface area contributed by atoms with E-state index >= 15 is 0 Å². The van der Waals surface area contributed by atoms with Crippen LogP contribution >= 0.6 is 0 Å². The van der Waals surface area contributed by atoms with Gasteiger partial charge in [-0.2, -0.15) is 5.10 Å². The highest BCUT2D eigenvalue weighted by atomic mass is 16.5. The summed E-state index contributed by atoms with van der Waals surface area (Å²) in [6, 6.07) is 10.2. The van der Waals surface area contributed by atoms with Crippen LogP contribution in [0.5, 0.6) is 5.75 Å². The van der Waals surface area contributed by atoms with Gasteiger partial charge < -0.3 is 10.1 Å². The van der Waals surface area contributed by atoms with Gasteiger partial charge in [0.2, 0.25) is 0 Å². The largest absolute Gasteiger partial charge is 0.487 e. The molecule has 0 saturated heterocycles. The van der Waals surface area contributed by atoms with Crippen molar-refractivity contribution < 1.29 is 4.74 Å². The van der Waals surface area contributed by atoms with Crippen molar-refractivity contribution in [1.82, 2.24) is 9.78 Å². The minimum absolute atomic E-state index is 0.383. The van der Waals surface area contributed by atoms with Crippen molar-refractivity contribution >= 4 is 5.69 Å². The summed E-state index contributed by atoms with van der Waals surface area (Å²) in [4.78, 5) is 0. The van der Waals surface area contributed by atoms with Crippen LogP contribution in [0, 0.1) is 0 Å². The third-order valence-corrected chi connectivity index (χ3v) is 2.72. The molecule has 1 aromatic carbocycles. The number of nitrogens with one attached hydrogen (secondary N) is 1. The Hall–Kier alpha value is -1.97. The average molecular weight is 245 g/mol. The van der Waals surface area contributed by atoms with E-state index in [4.69, 9.17) is 4.74 Å². The van der Waals surface area contributed by atoms with Crippen LogP contribution in [0.4, 0.5) is 5.69 Å². The molecule has 96 valence electrons. The quantitative estimate of drug-likeness (QED) is 0.879. The van der Waals surface area contributed by atoms with Crippen molar-refractivity contribution in [3.63, 3.8) is 0 Å². The maximum atomic E-state index is 5.68. The van der Waals surface area contributed by atoms with Gasteiger partial charge in [0.1, 0.15) is 12.4 Å². The number of nitrogens with zero attached hydrogens (tertiary/aromatic N) is 2. The topological polar surface area (TPSA) is 39.1 Å². The van der Waals surface area contributed by atoms with Gasteiger partial charge in [-0.05, 0) is 44.2 Å². The van der Waals surface area contributed by atoms with Crippen LogP contribution in [0.3, 0.4) is 0 Å². The van der Waals surface area contributed by atoms with Crippen LogP contribution in [0.25, 0.3) is 0 Å². The molecule has 1 N–H and O–H groups in total. The van der Waals surface area contributed by atoms with Gasteiger partial charge in [0.05, 0.1) is 5.69 Å². The van der Waals surface area contributed by atoms with Gasteiger partial charge in [-0.25, -0.2) is 0 Å². The van der Waals surface area contributed by atoms with Crippen LogP contribution in [-0.2, 0) is 6.61 Å². The molecule has 1 aromatic heterocycles. The number of anilines is 1. The summed E-state index contributed by atoms with van der Waals surface area (Å²) in [7, 11) is 1.90. The lowest BCUT2D eigenvalue weighted by Crippen LogP contribution is -2.03. The number of ether oxygens (including phenoxy) is 1. The van der Waals surface area contributed by atoms with Gasteiger partial charge in [0.15, 0.2) is 0 Å². The molecular formula is C14H19N3O. The molecule has 0 unspecified atom stereocenters. The van der Waals surface area contributed by atoms with Crippen LogP contribution < -0.4 is 10.1 Å². The number of hydrogen-bond acceptors (Lipinski definition) is 3. The first-order chi connectivity index (χ1) is 8.69. The summed E-state index contributed by atoms with van der Waals surface area (Å²) in [6.45, 7) is 4.71. The molecule has 0 fully saturated rings. The lowest BCUT2D eigenvalue weighted by molar-refractivity contribution is 0.299. The van der Waals surface area contributed by atoms with Crippen molar-refractivity contribution in [2.24, 2.45) is 0 Å². The normalized spacial score (nSPS) is 10.7. The average Bonchev–Trinajstić information content (AvgIpc) is 2.86. The van der Waals surface area contributed by atoms with Crippen LogP contribution in [-0.4, -0.2) is 16.8 Å². The van der Waals surface area contributed by atoms with Gasteiger partial charge in [-0.1, -0.05) is 0 Å². The SMILES string of the molecule is CNc1ccc(OCc2ccn(C(C)C)n2)cc1. The molecule has 0 aliphatic carbocycles. The highest BCUT2D eigenvalue weighted by Crippen LogP contribution is 2.16. The van der Waals surface area contributed by atoms with E-state index in [9.17, 15) is 0 Å². The fourth-order valence-electron chi connectivity index (χ4n) is 1.62. The second-order valence-corrected chi connectivity index (χ2v) is 4.44. The van der Waals surface area contributed by atoms with Gasteiger partial charge in [-0.3, -0.25) is 4.68 Å². The van der Waals surface area contributed by atoms with Crippen LogP contribution in [0.1, 0.15) is 25.6 Å². The number of aromatic nitrogens is 2. The fourth-order valence-corrected chi connectivity index (χ4v) is 1.62. The Morgan fingerprint density at radius 3 is 2.50 bits per heavy atom. The molecule has 2 rings (SSSR count). The molecule has 0 bridgehead atoms. The van der Waals surface area contributed by atoms with Crippen LogP contribution in [0.15, 0.2) is 36.5 Å². The molecular weight excluding hydrogens is 226 g/mol. The first-order valence-corrected chi connectivity index (χ1v) is 6.13. The zero-order valence-corrected chi connectivity index (χ0v) is 11.1. The zero-order chi connectivity index (χ0) is 13.0. The number of rotatable bonds is 5.